The maximum absolute atomic E-state index is 11.8. The van der Waals surface area contributed by atoms with E-state index < -0.39 is 10.8 Å². The van der Waals surface area contributed by atoms with Crippen LogP contribution in [0.1, 0.15) is 26.3 Å². The first-order valence-electron chi connectivity index (χ1n) is 6.28. The Morgan fingerprint density at radius 3 is 2.30 bits per heavy atom. The zero-order valence-corrected chi connectivity index (χ0v) is 13.8. The lowest BCUT2D eigenvalue weighted by Gasteiger charge is -2.17. The van der Waals surface area contributed by atoms with Crippen molar-refractivity contribution in [1.29, 1.82) is 0 Å². The number of anilines is 1. The van der Waals surface area contributed by atoms with E-state index in [9.17, 15) is 9.00 Å². The molecule has 1 atom stereocenters. The van der Waals surface area contributed by atoms with Crippen LogP contribution in [0.4, 0.5) is 5.69 Å². The predicted octanol–water partition coefficient (Wildman–Crippen LogP) is 1.90. The molecule has 0 fully saturated rings. The standard InChI is InChI=1S/C14H22N2O2S.ClH/c1-14(2,3)19(18)9-8-16-13(17)10-11-4-6-12(15)7-5-11;/h4-7H,8-10,15H2,1-3H3,(H,16,17);1H. The number of carbonyl (C=O) groups excluding carboxylic acids is 1. The van der Waals surface area contributed by atoms with Crippen molar-refractivity contribution in [3.8, 4) is 0 Å². The van der Waals surface area contributed by atoms with Gasteiger partial charge in [-0.1, -0.05) is 12.1 Å². The third kappa shape index (κ3) is 6.91. The molecule has 0 aliphatic rings. The fourth-order valence-electron chi connectivity index (χ4n) is 1.47. The van der Waals surface area contributed by atoms with Crippen molar-refractivity contribution < 1.29 is 9.00 Å². The summed E-state index contributed by atoms with van der Waals surface area (Å²) < 4.78 is 11.6. The minimum absolute atomic E-state index is 0. The molecule has 114 valence electrons. The summed E-state index contributed by atoms with van der Waals surface area (Å²) >= 11 is 0. The third-order valence-corrected chi connectivity index (χ3v) is 4.58. The van der Waals surface area contributed by atoms with Crippen LogP contribution in [-0.2, 0) is 22.0 Å². The molecule has 0 aliphatic heterocycles. The molecule has 0 saturated heterocycles. The van der Waals surface area contributed by atoms with Crippen LogP contribution in [0.3, 0.4) is 0 Å². The number of rotatable bonds is 5. The molecule has 0 saturated carbocycles. The van der Waals surface area contributed by atoms with Gasteiger partial charge in [-0.05, 0) is 38.5 Å². The number of halogens is 1. The lowest BCUT2D eigenvalue weighted by atomic mass is 10.1. The molecule has 1 aromatic carbocycles. The molecule has 1 aromatic rings. The summed E-state index contributed by atoms with van der Waals surface area (Å²) in [4.78, 5) is 11.7. The Balaban J connectivity index is 0.00000361. The molecule has 0 bridgehead atoms. The van der Waals surface area contributed by atoms with Gasteiger partial charge >= 0.3 is 0 Å². The molecule has 0 radical (unpaired) electrons. The summed E-state index contributed by atoms with van der Waals surface area (Å²) in [6.45, 7) is 6.23. The molecule has 0 aromatic heterocycles. The van der Waals surface area contributed by atoms with Crippen LogP contribution in [0.25, 0.3) is 0 Å². The van der Waals surface area contributed by atoms with E-state index in [2.05, 4.69) is 5.32 Å². The molecular formula is C14H23ClN2O2S. The first-order valence-corrected chi connectivity index (χ1v) is 7.60. The molecule has 1 rings (SSSR count). The molecule has 0 spiro atoms. The van der Waals surface area contributed by atoms with Gasteiger partial charge in [0.2, 0.25) is 5.91 Å². The minimum atomic E-state index is -0.935. The molecule has 6 heteroatoms. The highest BCUT2D eigenvalue weighted by Crippen LogP contribution is 2.10. The summed E-state index contributed by atoms with van der Waals surface area (Å²) in [5.74, 6) is 0.424. The van der Waals surface area contributed by atoms with Crippen LogP contribution in [0.15, 0.2) is 24.3 Å². The van der Waals surface area contributed by atoms with Crippen molar-refractivity contribution in [1.82, 2.24) is 5.32 Å². The Kier molecular flexibility index (Phi) is 7.83. The Hall–Kier alpha value is -1.07. The first-order chi connectivity index (χ1) is 8.79. The van der Waals surface area contributed by atoms with E-state index >= 15 is 0 Å². The van der Waals surface area contributed by atoms with Gasteiger partial charge in [-0.2, -0.15) is 0 Å². The molecule has 0 aliphatic carbocycles. The van der Waals surface area contributed by atoms with Gasteiger partial charge in [-0.25, -0.2) is 0 Å². The number of benzene rings is 1. The molecule has 0 heterocycles. The van der Waals surface area contributed by atoms with E-state index in [0.29, 0.717) is 24.4 Å². The van der Waals surface area contributed by atoms with Gasteiger partial charge in [0.25, 0.3) is 0 Å². The largest absolute Gasteiger partial charge is 0.399 e. The summed E-state index contributed by atoms with van der Waals surface area (Å²) in [5, 5.41) is 2.79. The van der Waals surface area contributed by atoms with E-state index in [1.54, 1.807) is 12.1 Å². The van der Waals surface area contributed by atoms with Gasteiger partial charge in [0.1, 0.15) is 0 Å². The number of nitrogens with one attached hydrogen (secondary N) is 1. The molecule has 1 unspecified atom stereocenters. The molecule has 1 amide bonds. The van der Waals surface area contributed by atoms with Crippen molar-refractivity contribution in [3.63, 3.8) is 0 Å². The zero-order chi connectivity index (χ0) is 14.5. The molecule has 20 heavy (non-hydrogen) atoms. The van der Waals surface area contributed by atoms with Crippen molar-refractivity contribution in [3.05, 3.63) is 29.8 Å². The summed E-state index contributed by atoms with van der Waals surface area (Å²) in [6, 6.07) is 7.22. The number of nitrogens with two attached hydrogens (primary N) is 1. The van der Waals surface area contributed by atoms with Crippen LogP contribution in [0.5, 0.6) is 0 Å². The lowest BCUT2D eigenvalue weighted by molar-refractivity contribution is -0.120. The average Bonchev–Trinajstić information content (AvgIpc) is 2.31. The Morgan fingerprint density at radius 1 is 1.25 bits per heavy atom. The fourth-order valence-corrected chi connectivity index (χ4v) is 2.37. The van der Waals surface area contributed by atoms with Crippen LogP contribution < -0.4 is 11.1 Å². The fraction of sp³-hybridized carbons (Fsp3) is 0.500. The highest BCUT2D eigenvalue weighted by Gasteiger charge is 2.18. The third-order valence-electron chi connectivity index (χ3n) is 2.64. The molecule has 3 N–H and O–H groups in total. The normalized spacial score (nSPS) is 12.3. The predicted molar refractivity (Wildman–Crippen MR) is 87.6 cm³/mol. The van der Waals surface area contributed by atoms with Crippen molar-refractivity contribution in [2.24, 2.45) is 0 Å². The Morgan fingerprint density at radius 2 is 1.80 bits per heavy atom. The Labute approximate surface area is 129 Å². The lowest BCUT2D eigenvalue weighted by Crippen LogP contribution is -2.33. The second-order valence-electron chi connectivity index (χ2n) is 5.43. The highest BCUT2D eigenvalue weighted by molar-refractivity contribution is 7.86. The Bertz CT molecular complexity index is 455. The topological polar surface area (TPSA) is 72.2 Å². The van der Waals surface area contributed by atoms with Gasteiger partial charge in [0.05, 0.1) is 6.42 Å². The van der Waals surface area contributed by atoms with Gasteiger partial charge in [-0.15, -0.1) is 12.4 Å². The highest BCUT2D eigenvalue weighted by atomic mass is 35.5. The van der Waals surface area contributed by atoms with Crippen molar-refractivity contribution >= 4 is 34.8 Å². The number of nitrogen functional groups attached to an aromatic ring is 1. The smallest absolute Gasteiger partial charge is 0.224 e. The second kappa shape index (κ2) is 8.27. The maximum Gasteiger partial charge on any atom is 0.224 e. The number of hydrogen-bond acceptors (Lipinski definition) is 3. The number of amides is 1. The van der Waals surface area contributed by atoms with Gasteiger partial charge in [0.15, 0.2) is 0 Å². The maximum atomic E-state index is 11.8. The number of hydrogen-bond donors (Lipinski definition) is 2. The summed E-state index contributed by atoms with van der Waals surface area (Å²) in [6.07, 6.45) is 0.322. The van der Waals surface area contributed by atoms with E-state index in [1.165, 1.54) is 0 Å². The van der Waals surface area contributed by atoms with Crippen molar-refractivity contribution in [2.45, 2.75) is 31.9 Å². The van der Waals surface area contributed by atoms with E-state index in [-0.39, 0.29) is 23.1 Å². The summed E-state index contributed by atoms with van der Waals surface area (Å²) in [5.41, 5.74) is 7.18. The van der Waals surface area contributed by atoms with Gasteiger partial charge in [-0.3, -0.25) is 9.00 Å². The first kappa shape index (κ1) is 18.9. The van der Waals surface area contributed by atoms with E-state index in [4.69, 9.17) is 5.73 Å². The average molecular weight is 319 g/mol. The SMILES string of the molecule is CC(C)(C)S(=O)CCNC(=O)Cc1ccc(N)cc1.Cl. The zero-order valence-electron chi connectivity index (χ0n) is 12.1. The quantitative estimate of drug-likeness (QED) is 0.814. The minimum Gasteiger partial charge on any atom is -0.399 e. The van der Waals surface area contributed by atoms with Crippen LogP contribution in [0.2, 0.25) is 0 Å². The van der Waals surface area contributed by atoms with Crippen molar-refractivity contribution in [2.75, 3.05) is 18.0 Å². The van der Waals surface area contributed by atoms with E-state index in [1.807, 2.05) is 32.9 Å². The molecular weight excluding hydrogens is 296 g/mol. The van der Waals surface area contributed by atoms with Gasteiger partial charge in [0, 0.05) is 33.5 Å². The van der Waals surface area contributed by atoms with Crippen LogP contribution in [0, 0.1) is 0 Å². The number of carbonyl (C=O) groups is 1. The second-order valence-corrected chi connectivity index (χ2v) is 7.75. The monoisotopic (exact) mass is 318 g/mol. The summed E-state index contributed by atoms with van der Waals surface area (Å²) in [7, 11) is -0.935. The van der Waals surface area contributed by atoms with Crippen LogP contribution in [-0.4, -0.2) is 27.2 Å². The van der Waals surface area contributed by atoms with Gasteiger partial charge < -0.3 is 11.1 Å². The van der Waals surface area contributed by atoms with Crippen LogP contribution >= 0.6 is 12.4 Å². The van der Waals surface area contributed by atoms with E-state index in [0.717, 1.165) is 5.56 Å². The molecule has 4 nitrogen and oxygen atoms in total.